The normalized spacial score (nSPS) is 20.0. The molecular weight excluding hydrogens is 323 g/mol. The second-order valence-corrected chi connectivity index (χ2v) is 6.51. The number of rotatable bonds is 4. The number of aromatic nitrogens is 2. The molecule has 5 nitrogen and oxygen atoms in total. The Balaban J connectivity index is 2.09. The Hall–Kier alpha value is -1.57. The highest BCUT2D eigenvalue weighted by Crippen LogP contribution is 2.40. The van der Waals surface area contributed by atoms with Crippen molar-refractivity contribution >= 4 is 5.91 Å². The van der Waals surface area contributed by atoms with E-state index in [0.29, 0.717) is 0 Å². The quantitative estimate of drug-likeness (QED) is 0.880. The van der Waals surface area contributed by atoms with Crippen LogP contribution in [0.3, 0.4) is 0 Å². The summed E-state index contributed by atoms with van der Waals surface area (Å²) >= 11 is 0. The molecule has 0 spiro atoms. The van der Waals surface area contributed by atoms with Crippen LogP contribution in [0.15, 0.2) is 12.4 Å². The number of carbonyl (C=O) groups excluding carboxylic acids is 1. The van der Waals surface area contributed by atoms with Crippen LogP contribution >= 0.6 is 0 Å². The molecule has 2 rings (SSSR count). The number of nitrogens with zero attached hydrogens (tertiary/aromatic N) is 2. The van der Waals surface area contributed by atoms with Crippen LogP contribution < -0.4 is 5.32 Å². The fourth-order valence-electron chi connectivity index (χ4n) is 3.18. The van der Waals surface area contributed by atoms with Gasteiger partial charge in [0.2, 0.25) is 11.5 Å². The molecule has 2 N–H and O–H groups in total. The maximum absolute atomic E-state index is 13.4. The summed E-state index contributed by atoms with van der Waals surface area (Å²) < 4.78 is 41.3. The zero-order valence-corrected chi connectivity index (χ0v) is 13.8. The Bertz CT molecular complexity index is 551. The van der Waals surface area contributed by atoms with E-state index in [0.717, 1.165) is 49.5 Å². The van der Waals surface area contributed by atoms with Crippen LogP contribution in [0.4, 0.5) is 13.2 Å². The molecule has 0 aromatic carbocycles. The van der Waals surface area contributed by atoms with Crippen LogP contribution in [0.2, 0.25) is 0 Å². The van der Waals surface area contributed by atoms with Gasteiger partial charge in [-0.25, -0.2) is 4.98 Å². The summed E-state index contributed by atoms with van der Waals surface area (Å²) in [5.74, 6) is -1.38. The van der Waals surface area contributed by atoms with E-state index >= 15 is 0 Å². The minimum Gasteiger partial charge on any atom is -0.374 e. The van der Waals surface area contributed by atoms with Crippen LogP contribution in [0.25, 0.3) is 0 Å². The standard InChI is InChI=1S/C16H24F3N3O2/c1-22-10-9-20-14(22)15(24,16(17,18)19)11-13(23)21-12-7-5-3-2-4-6-8-12/h9-10,12,24H,2-8,11H2,1H3,(H,21,23). The third kappa shape index (κ3) is 4.28. The van der Waals surface area contributed by atoms with Crippen molar-refractivity contribution in [3.8, 4) is 0 Å². The average Bonchev–Trinajstić information content (AvgIpc) is 2.87. The van der Waals surface area contributed by atoms with Crippen LogP contribution in [0, 0.1) is 0 Å². The molecule has 1 heterocycles. The molecule has 0 aliphatic heterocycles. The molecule has 1 aromatic rings. The number of aliphatic hydroxyl groups is 1. The molecule has 1 aromatic heterocycles. The maximum Gasteiger partial charge on any atom is 0.425 e. The molecule has 136 valence electrons. The fourth-order valence-corrected chi connectivity index (χ4v) is 3.18. The van der Waals surface area contributed by atoms with Gasteiger partial charge in [0.25, 0.3) is 0 Å². The van der Waals surface area contributed by atoms with E-state index in [1.807, 2.05) is 0 Å². The van der Waals surface area contributed by atoms with Crippen LogP contribution in [-0.4, -0.2) is 32.8 Å². The third-order valence-electron chi connectivity index (χ3n) is 4.55. The molecule has 1 unspecified atom stereocenters. The second kappa shape index (κ2) is 7.55. The molecule has 0 bridgehead atoms. The van der Waals surface area contributed by atoms with E-state index in [2.05, 4.69) is 10.3 Å². The largest absolute Gasteiger partial charge is 0.425 e. The summed E-state index contributed by atoms with van der Waals surface area (Å²) in [4.78, 5) is 15.8. The van der Waals surface area contributed by atoms with Gasteiger partial charge in [0.1, 0.15) is 0 Å². The molecule has 24 heavy (non-hydrogen) atoms. The van der Waals surface area contributed by atoms with Gasteiger partial charge >= 0.3 is 6.18 Å². The Morgan fingerprint density at radius 1 is 1.29 bits per heavy atom. The molecule has 0 radical (unpaired) electrons. The molecule has 1 aliphatic rings. The van der Waals surface area contributed by atoms with Crippen molar-refractivity contribution in [3.05, 3.63) is 18.2 Å². The lowest BCUT2D eigenvalue weighted by atomic mass is 9.94. The molecule has 1 fully saturated rings. The molecule has 1 saturated carbocycles. The van der Waals surface area contributed by atoms with Gasteiger partial charge in [-0.2, -0.15) is 13.2 Å². The van der Waals surface area contributed by atoms with Gasteiger partial charge in [-0.3, -0.25) is 4.79 Å². The Labute approximate surface area is 139 Å². The number of nitrogens with one attached hydrogen (secondary N) is 1. The molecule has 8 heteroatoms. The van der Waals surface area contributed by atoms with Crippen molar-refractivity contribution < 1.29 is 23.1 Å². The summed E-state index contributed by atoms with van der Waals surface area (Å²) in [6.45, 7) is 0. The zero-order valence-electron chi connectivity index (χ0n) is 13.8. The van der Waals surface area contributed by atoms with E-state index in [-0.39, 0.29) is 6.04 Å². The predicted octanol–water partition coefficient (Wildman–Crippen LogP) is 2.79. The van der Waals surface area contributed by atoms with Crippen LogP contribution in [-0.2, 0) is 17.4 Å². The molecule has 1 aliphatic carbocycles. The number of amides is 1. The molecule has 1 amide bonds. The van der Waals surface area contributed by atoms with E-state index in [4.69, 9.17) is 0 Å². The highest BCUT2D eigenvalue weighted by Gasteiger charge is 2.58. The molecular formula is C16H24F3N3O2. The summed E-state index contributed by atoms with van der Waals surface area (Å²) in [6.07, 6.45) is 3.13. The van der Waals surface area contributed by atoms with Crippen LogP contribution in [0.5, 0.6) is 0 Å². The number of hydrogen-bond donors (Lipinski definition) is 2. The topological polar surface area (TPSA) is 67.1 Å². The van der Waals surface area contributed by atoms with Crippen molar-refractivity contribution in [2.45, 2.75) is 69.2 Å². The first-order valence-corrected chi connectivity index (χ1v) is 8.30. The molecule has 0 saturated heterocycles. The molecule has 1 atom stereocenters. The fraction of sp³-hybridized carbons (Fsp3) is 0.750. The Morgan fingerprint density at radius 3 is 2.38 bits per heavy atom. The summed E-state index contributed by atoms with van der Waals surface area (Å²) in [6, 6.07) is -0.128. The van der Waals surface area contributed by atoms with E-state index in [1.165, 1.54) is 19.4 Å². The predicted molar refractivity (Wildman–Crippen MR) is 82.0 cm³/mol. The number of hydrogen-bond acceptors (Lipinski definition) is 3. The first-order chi connectivity index (χ1) is 11.2. The third-order valence-corrected chi connectivity index (χ3v) is 4.55. The summed E-state index contributed by atoms with van der Waals surface area (Å²) in [5, 5.41) is 12.9. The van der Waals surface area contributed by atoms with Crippen molar-refractivity contribution in [1.82, 2.24) is 14.9 Å². The number of halogens is 3. The maximum atomic E-state index is 13.4. The summed E-state index contributed by atoms with van der Waals surface area (Å²) in [7, 11) is 1.35. The first kappa shape index (κ1) is 18.8. The smallest absolute Gasteiger partial charge is 0.374 e. The lowest BCUT2D eigenvalue weighted by molar-refractivity contribution is -0.271. The minimum absolute atomic E-state index is 0.128. The summed E-state index contributed by atoms with van der Waals surface area (Å²) in [5.41, 5.74) is -3.29. The number of imidazole rings is 1. The average molecular weight is 347 g/mol. The van der Waals surface area contributed by atoms with Crippen LogP contribution in [0.1, 0.15) is 57.2 Å². The zero-order chi connectivity index (χ0) is 17.8. The van der Waals surface area contributed by atoms with Gasteiger partial charge in [-0.15, -0.1) is 0 Å². The number of alkyl halides is 3. The SMILES string of the molecule is Cn1ccnc1C(O)(CC(=O)NC1CCCCCCC1)C(F)(F)F. The lowest BCUT2D eigenvalue weighted by Gasteiger charge is -2.30. The minimum atomic E-state index is -5.00. The van der Waals surface area contributed by atoms with Gasteiger partial charge in [-0.1, -0.05) is 32.1 Å². The number of carbonyl (C=O) groups is 1. The van der Waals surface area contributed by atoms with E-state index in [9.17, 15) is 23.1 Å². The highest BCUT2D eigenvalue weighted by atomic mass is 19.4. The van der Waals surface area contributed by atoms with E-state index in [1.54, 1.807) is 0 Å². The lowest BCUT2D eigenvalue weighted by Crippen LogP contribution is -2.49. The monoisotopic (exact) mass is 347 g/mol. The van der Waals surface area contributed by atoms with Gasteiger partial charge in [-0.05, 0) is 12.8 Å². The van der Waals surface area contributed by atoms with Gasteiger partial charge < -0.3 is 15.0 Å². The van der Waals surface area contributed by atoms with Crippen molar-refractivity contribution in [1.29, 1.82) is 0 Å². The first-order valence-electron chi connectivity index (χ1n) is 8.30. The van der Waals surface area contributed by atoms with Crippen molar-refractivity contribution in [3.63, 3.8) is 0 Å². The van der Waals surface area contributed by atoms with Crippen molar-refractivity contribution in [2.75, 3.05) is 0 Å². The highest BCUT2D eigenvalue weighted by molar-refractivity contribution is 5.77. The van der Waals surface area contributed by atoms with Gasteiger partial charge in [0.15, 0.2) is 5.82 Å². The Morgan fingerprint density at radius 2 is 1.88 bits per heavy atom. The second-order valence-electron chi connectivity index (χ2n) is 6.51. The van der Waals surface area contributed by atoms with Crippen molar-refractivity contribution in [2.24, 2.45) is 7.05 Å². The van der Waals surface area contributed by atoms with E-state index < -0.39 is 29.9 Å². The Kier molecular flexibility index (Phi) is 5.90. The number of aryl methyl sites for hydroxylation is 1. The van der Waals surface area contributed by atoms with Gasteiger partial charge in [0, 0.05) is 25.5 Å². The van der Waals surface area contributed by atoms with Gasteiger partial charge in [0.05, 0.1) is 6.42 Å².